The van der Waals surface area contributed by atoms with Crippen molar-refractivity contribution >= 4 is 24.8 Å². The molecule has 0 amide bonds. The van der Waals surface area contributed by atoms with Gasteiger partial charge in [-0.25, -0.2) is 0 Å². The molecule has 6 N–H and O–H groups in total. The third-order valence-corrected chi connectivity index (χ3v) is 0. The van der Waals surface area contributed by atoms with Gasteiger partial charge < -0.3 is 12.3 Å². The Morgan fingerprint density at radius 2 is 0.500 bits per heavy atom. The second-order valence-corrected chi connectivity index (χ2v) is 0. The number of rotatable bonds is 0. The Balaban J connectivity index is 0. The largest absolute Gasteiger partial charge is 0.344 e. The molecule has 0 aliphatic heterocycles. The molecule has 0 heterocycles. The average Bonchev–Trinajstić information content (AvgIpc) is 0. The highest BCUT2D eigenvalue weighted by molar-refractivity contribution is 5.85. The highest BCUT2D eigenvalue weighted by atomic mass is 35.5. The molecule has 0 spiro atoms. The molecule has 4 heteroatoms. The van der Waals surface area contributed by atoms with E-state index in [2.05, 4.69) is 0 Å². The van der Waals surface area contributed by atoms with E-state index in [4.69, 9.17) is 0 Å². The molecular weight excluding hydrogens is 98.9 g/mol. The summed E-state index contributed by atoms with van der Waals surface area (Å²) in [6, 6.07) is 0. The van der Waals surface area contributed by atoms with E-state index in [1.165, 1.54) is 0 Å². The fourth-order valence-corrected chi connectivity index (χ4v) is 0. The Hall–Kier alpha value is 0.500. The van der Waals surface area contributed by atoms with Crippen molar-refractivity contribution in [2.24, 2.45) is 0 Å². The maximum absolute atomic E-state index is 0. The minimum atomic E-state index is 0. The Labute approximate surface area is 37.9 Å². The first kappa shape index (κ1) is 221. The van der Waals surface area contributed by atoms with Crippen LogP contribution < -0.4 is 12.3 Å². The minimum Gasteiger partial charge on any atom is -0.344 e. The average molecular weight is 107 g/mol. The summed E-state index contributed by atoms with van der Waals surface area (Å²) in [6.07, 6.45) is 0. The van der Waals surface area contributed by atoms with Gasteiger partial charge in [-0.1, -0.05) is 0 Å². The molecule has 0 radical (unpaired) electrons. The van der Waals surface area contributed by atoms with Gasteiger partial charge in [0.2, 0.25) is 0 Å². The summed E-state index contributed by atoms with van der Waals surface area (Å²) in [5, 5.41) is 0. The third kappa shape index (κ3) is 22.5. The van der Waals surface area contributed by atoms with Gasteiger partial charge in [0.05, 0.1) is 0 Å². The Morgan fingerprint density at radius 3 is 0.500 bits per heavy atom. The zero-order chi connectivity index (χ0) is 0. The monoisotopic (exact) mass is 106 g/mol. The van der Waals surface area contributed by atoms with Crippen LogP contribution in [0.2, 0.25) is 0 Å². The van der Waals surface area contributed by atoms with Crippen LogP contribution in [-0.2, 0) is 0 Å². The number of halogens is 2. The van der Waals surface area contributed by atoms with E-state index in [0.717, 1.165) is 0 Å². The van der Waals surface area contributed by atoms with Gasteiger partial charge in [0, 0.05) is 0 Å². The number of hydrogen-bond donors (Lipinski definition) is 2. The van der Waals surface area contributed by atoms with Gasteiger partial charge in [0.15, 0.2) is 0 Å². The van der Waals surface area contributed by atoms with Gasteiger partial charge in [0.25, 0.3) is 0 Å². The van der Waals surface area contributed by atoms with Crippen molar-refractivity contribution in [3.63, 3.8) is 0 Å². The Kier molecular flexibility index (Phi) is 4820. The van der Waals surface area contributed by atoms with Crippen molar-refractivity contribution < 1.29 is 0 Å². The van der Waals surface area contributed by atoms with Crippen LogP contribution in [0.4, 0.5) is 0 Å². The van der Waals surface area contributed by atoms with Crippen LogP contribution in [0.5, 0.6) is 0 Å². The first-order valence-electron chi connectivity index (χ1n) is 0. The fourth-order valence-electron chi connectivity index (χ4n) is 0. The van der Waals surface area contributed by atoms with Crippen LogP contribution in [0.3, 0.4) is 0 Å². The van der Waals surface area contributed by atoms with Gasteiger partial charge in [-0.05, 0) is 0 Å². The third-order valence-electron chi connectivity index (χ3n) is 0. The lowest BCUT2D eigenvalue weighted by molar-refractivity contribution is 2.13. The number of hydrogen-bond acceptors (Lipinski definition) is 2. The molecule has 4 heavy (non-hydrogen) atoms. The molecule has 0 bridgehead atoms. The first-order chi connectivity index (χ1) is 0. The molecule has 0 rings (SSSR count). The second-order valence-electron chi connectivity index (χ2n) is 0. The minimum absolute atomic E-state index is 0. The molecule has 0 atom stereocenters. The van der Waals surface area contributed by atoms with Crippen LogP contribution in [0.15, 0.2) is 0 Å². The standard InChI is InChI=1S/2ClH.2H3N/h2*1H;2*1H3. The van der Waals surface area contributed by atoms with Crippen LogP contribution in [-0.4, -0.2) is 0 Å². The van der Waals surface area contributed by atoms with Crippen molar-refractivity contribution in [3.8, 4) is 0 Å². The molecule has 0 aliphatic rings. The van der Waals surface area contributed by atoms with E-state index in [9.17, 15) is 0 Å². The summed E-state index contributed by atoms with van der Waals surface area (Å²) in [5.41, 5.74) is 0. The van der Waals surface area contributed by atoms with Crippen molar-refractivity contribution in [1.82, 2.24) is 12.3 Å². The SMILES string of the molecule is Cl.Cl.N.N. The van der Waals surface area contributed by atoms with Crippen molar-refractivity contribution in [2.75, 3.05) is 0 Å². The molecule has 2 nitrogen and oxygen atoms in total. The summed E-state index contributed by atoms with van der Waals surface area (Å²) < 4.78 is 0. The summed E-state index contributed by atoms with van der Waals surface area (Å²) in [7, 11) is 0. The quantitative estimate of drug-likeness (QED) is 0.487. The normalized spacial score (nSPS) is 0. The van der Waals surface area contributed by atoms with Gasteiger partial charge in [-0.15, -0.1) is 24.8 Å². The van der Waals surface area contributed by atoms with Crippen LogP contribution in [0, 0.1) is 0 Å². The molecule has 0 aliphatic carbocycles. The second kappa shape index (κ2) is 87.5. The van der Waals surface area contributed by atoms with Crippen LogP contribution >= 0.6 is 24.8 Å². The Bertz CT molecular complexity index is 4.00. The van der Waals surface area contributed by atoms with Gasteiger partial charge in [0.1, 0.15) is 0 Å². The smallest absolute Gasteiger partial charge is 0.147 e. The predicted octanol–water partition coefficient (Wildman–Crippen LogP) is 1.17. The molecule has 0 unspecified atom stereocenters. The van der Waals surface area contributed by atoms with Crippen molar-refractivity contribution in [2.45, 2.75) is 0 Å². The van der Waals surface area contributed by atoms with Gasteiger partial charge in [-0.2, -0.15) is 0 Å². The van der Waals surface area contributed by atoms with E-state index < -0.39 is 0 Å². The van der Waals surface area contributed by atoms with Crippen LogP contribution in [0.25, 0.3) is 0 Å². The zero-order valence-electron chi connectivity index (χ0n) is 2.23. The summed E-state index contributed by atoms with van der Waals surface area (Å²) in [6.45, 7) is 0. The van der Waals surface area contributed by atoms with Crippen molar-refractivity contribution in [3.05, 3.63) is 0 Å². The lowest BCUT2D eigenvalue weighted by Gasteiger charge is -0.345. The highest BCUT2D eigenvalue weighted by Crippen LogP contribution is 0.691. The molecule has 0 saturated heterocycles. The molecule has 0 aromatic rings. The summed E-state index contributed by atoms with van der Waals surface area (Å²) in [5.74, 6) is 0. The van der Waals surface area contributed by atoms with E-state index >= 15 is 0 Å². The maximum atomic E-state index is 0. The summed E-state index contributed by atoms with van der Waals surface area (Å²) in [4.78, 5) is 0. The molecule has 0 aromatic heterocycles. The fraction of sp³-hybridized carbons (Fsp3) is 0. The molecular formula is H8Cl2N2. The first-order valence-corrected chi connectivity index (χ1v) is 0. The maximum Gasteiger partial charge on any atom is -0.147 e. The molecule has 32 valence electrons. The summed E-state index contributed by atoms with van der Waals surface area (Å²) >= 11 is 0. The zero-order valence-corrected chi connectivity index (χ0v) is 3.86. The topological polar surface area (TPSA) is 70.0 Å². The van der Waals surface area contributed by atoms with Crippen molar-refractivity contribution in [1.29, 1.82) is 0 Å². The van der Waals surface area contributed by atoms with Gasteiger partial charge >= 0.3 is 0 Å². The Morgan fingerprint density at radius 1 is 0.500 bits per heavy atom. The lowest BCUT2D eigenvalue weighted by atomic mass is 14.0. The van der Waals surface area contributed by atoms with E-state index in [1.807, 2.05) is 0 Å². The van der Waals surface area contributed by atoms with Crippen LogP contribution in [0.1, 0.15) is 0 Å². The van der Waals surface area contributed by atoms with E-state index in [0.29, 0.717) is 0 Å². The molecule has 0 fully saturated rings. The predicted molar refractivity (Wildman–Crippen MR) is 24.5 cm³/mol. The van der Waals surface area contributed by atoms with Gasteiger partial charge in [-0.3, -0.25) is 0 Å². The highest BCUT2D eigenvalue weighted by Gasteiger charge is -0.146. The van der Waals surface area contributed by atoms with E-state index in [-0.39, 0.29) is 37.1 Å². The van der Waals surface area contributed by atoms with E-state index in [1.54, 1.807) is 0 Å². The lowest BCUT2D eigenvalue weighted by Crippen LogP contribution is -0.482. The molecule has 0 aromatic carbocycles. The molecule has 0 saturated carbocycles.